The first-order chi connectivity index (χ1) is 45.7. The maximum absolute atomic E-state index is 13.1. The van der Waals surface area contributed by atoms with Gasteiger partial charge in [0.2, 0.25) is 0 Å². The van der Waals surface area contributed by atoms with Gasteiger partial charge < -0.3 is 33.8 Å². The number of hydrogen-bond acceptors (Lipinski definition) is 15. The quantitative estimate of drug-likeness (QED) is 0.0169. The zero-order valence-electron chi connectivity index (χ0n) is 60.2. The Labute approximate surface area is 573 Å². The van der Waals surface area contributed by atoms with Crippen LogP contribution < -0.4 is 0 Å². The molecule has 0 amide bonds. The van der Waals surface area contributed by atoms with Gasteiger partial charge in [0.1, 0.15) is 19.3 Å². The minimum atomic E-state index is -4.96. The number of phosphoric ester groups is 2. The largest absolute Gasteiger partial charge is 0.472 e. The topological polar surface area (TPSA) is 237 Å². The second-order valence-corrected chi connectivity index (χ2v) is 28.8. The smallest absolute Gasteiger partial charge is 0.462 e. The predicted molar refractivity (Wildman–Crippen MR) is 381 cm³/mol. The normalized spacial score (nSPS) is 14.2. The fourth-order valence-electron chi connectivity index (χ4n) is 10.8. The molecule has 0 aliphatic heterocycles. The fourth-order valence-corrected chi connectivity index (χ4v) is 12.4. The van der Waals surface area contributed by atoms with Gasteiger partial charge >= 0.3 is 39.5 Å². The molecule has 5 unspecified atom stereocenters. The van der Waals surface area contributed by atoms with Crippen molar-refractivity contribution >= 4 is 39.5 Å². The fraction of sp³-hybridized carbons (Fsp3) is 0.867. The highest BCUT2D eigenvalue weighted by Gasteiger charge is 2.30. The first-order valence-electron chi connectivity index (χ1n) is 38.2. The van der Waals surface area contributed by atoms with Crippen molar-refractivity contribution in [2.75, 3.05) is 39.6 Å². The Balaban J connectivity index is 5.28. The van der Waals surface area contributed by atoms with Gasteiger partial charge in [0.05, 0.1) is 26.4 Å². The van der Waals surface area contributed by atoms with E-state index in [1.807, 2.05) is 0 Å². The number of carbonyl (C=O) groups excluding carboxylic acids is 4. The second kappa shape index (κ2) is 68.8. The molecule has 17 nitrogen and oxygen atoms in total. The SMILES string of the molecule is CC/C=C\C/C=C\C/C=C\CCCCCCCC(=O)OCC(COP(=O)(O)OCC(O)COP(=O)(O)OCC(COC(=O)CCCCCCCCCCCCCCC)OC(=O)CCCCCCCCCCCCC)OC(=O)CCCCCCCCCCCCCCCCC. The van der Waals surface area contributed by atoms with E-state index in [4.69, 9.17) is 37.0 Å². The number of esters is 4. The van der Waals surface area contributed by atoms with Crippen LogP contribution in [0.25, 0.3) is 0 Å². The van der Waals surface area contributed by atoms with Crippen molar-refractivity contribution in [1.82, 2.24) is 0 Å². The number of unbranched alkanes of at least 4 members (excludes halogenated alkanes) is 41. The number of rotatable bonds is 73. The van der Waals surface area contributed by atoms with Gasteiger partial charge in [-0.15, -0.1) is 0 Å². The van der Waals surface area contributed by atoms with Gasteiger partial charge in [-0.1, -0.05) is 315 Å². The summed E-state index contributed by atoms with van der Waals surface area (Å²) < 4.78 is 68.4. The van der Waals surface area contributed by atoms with Crippen molar-refractivity contribution in [3.8, 4) is 0 Å². The minimum absolute atomic E-state index is 0.0999. The van der Waals surface area contributed by atoms with Crippen molar-refractivity contribution in [2.24, 2.45) is 0 Å². The summed E-state index contributed by atoms with van der Waals surface area (Å²) >= 11 is 0. The first-order valence-corrected chi connectivity index (χ1v) is 41.2. The average Bonchev–Trinajstić information content (AvgIpc) is 1.36. The van der Waals surface area contributed by atoms with E-state index in [0.29, 0.717) is 25.7 Å². The molecule has 0 aromatic carbocycles. The molecule has 0 radical (unpaired) electrons. The lowest BCUT2D eigenvalue weighted by Gasteiger charge is -2.21. The van der Waals surface area contributed by atoms with Crippen molar-refractivity contribution in [2.45, 2.75) is 380 Å². The Morgan fingerprint density at radius 3 is 0.851 bits per heavy atom. The third kappa shape index (κ3) is 67.8. The van der Waals surface area contributed by atoms with Crippen LogP contribution in [0.3, 0.4) is 0 Å². The minimum Gasteiger partial charge on any atom is -0.462 e. The molecule has 0 spiro atoms. The molecule has 3 N–H and O–H groups in total. The second-order valence-electron chi connectivity index (χ2n) is 25.9. The van der Waals surface area contributed by atoms with Crippen LogP contribution in [0.1, 0.15) is 362 Å². The van der Waals surface area contributed by atoms with Crippen molar-refractivity contribution in [3.05, 3.63) is 36.5 Å². The lowest BCUT2D eigenvalue weighted by atomic mass is 10.0. The van der Waals surface area contributed by atoms with Crippen LogP contribution in [-0.4, -0.2) is 96.7 Å². The van der Waals surface area contributed by atoms with Crippen LogP contribution in [0.5, 0.6) is 0 Å². The van der Waals surface area contributed by atoms with E-state index < -0.39 is 97.5 Å². The van der Waals surface area contributed by atoms with Gasteiger partial charge in [0.15, 0.2) is 12.2 Å². The van der Waals surface area contributed by atoms with E-state index >= 15 is 0 Å². The number of aliphatic hydroxyl groups is 1. The Morgan fingerprint density at radius 1 is 0.309 bits per heavy atom. The molecule has 5 atom stereocenters. The molecule has 0 rings (SSSR count). The Hall–Kier alpha value is -2.72. The van der Waals surface area contributed by atoms with Crippen LogP contribution in [0.2, 0.25) is 0 Å². The third-order valence-electron chi connectivity index (χ3n) is 16.6. The maximum atomic E-state index is 13.1. The highest BCUT2D eigenvalue weighted by molar-refractivity contribution is 7.47. The molecule has 0 saturated carbocycles. The summed E-state index contributed by atoms with van der Waals surface area (Å²) in [5.74, 6) is -2.15. The molecule has 0 aliphatic carbocycles. The number of ether oxygens (including phenoxy) is 4. The molecule has 0 aromatic heterocycles. The Bertz CT molecular complexity index is 1930. The summed E-state index contributed by atoms with van der Waals surface area (Å²) in [4.78, 5) is 72.7. The van der Waals surface area contributed by atoms with Crippen molar-refractivity contribution in [1.29, 1.82) is 0 Å². The molecule has 0 fully saturated rings. The summed E-state index contributed by atoms with van der Waals surface area (Å²) in [6.07, 6.45) is 62.8. The van der Waals surface area contributed by atoms with Crippen LogP contribution in [0.15, 0.2) is 36.5 Å². The van der Waals surface area contributed by atoms with Gasteiger partial charge in [0, 0.05) is 25.7 Å². The molecular weight excluding hydrogens is 1230 g/mol. The van der Waals surface area contributed by atoms with Gasteiger partial charge in [-0.05, 0) is 57.8 Å². The molecular formula is C75H140O17P2. The highest BCUT2D eigenvalue weighted by Crippen LogP contribution is 2.45. The van der Waals surface area contributed by atoms with Gasteiger partial charge in [-0.2, -0.15) is 0 Å². The van der Waals surface area contributed by atoms with Gasteiger partial charge in [-0.25, -0.2) is 9.13 Å². The molecule has 94 heavy (non-hydrogen) atoms. The number of allylic oxidation sites excluding steroid dienone is 6. The molecule has 0 heterocycles. The van der Waals surface area contributed by atoms with Crippen molar-refractivity contribution in [3.63, 3.8) is 0 Å². The lowest BCUT2D eigenvalue weighted by molar-refractivity contribution is -0.161. The predicted octanol–water partition coefficient (Wildman–Crippen LogP) is 21.6. The van der Waals surface area contributed by atoms with E-state index in [1.54, 1.807) is 0 Å². The van der Waals surface area contributed by atoms with Crippen LogP contribution >= 0.6 is 15.6 Å². The molecule has 19 heteroatoms. The Kier molecular flexibility index (Phi) is 66.8. The van der Waals surface area contributed by atoms with Crippen LogP contribution in [0.4, 0.5) is 0 Å². The zero-order valence-corrected chi connectivity index (χ0v) is 61.9. The van der Waals surface area contributed by atoms with E-state index in [2.05, 4.69) is 64.2 Å². The van der Waals surface area contributed by atoms with Crippen LogP contribution in [0, 0.1) is 0 Å². The maximum Gasteiger partial charge on any atom is 0.472 e. The summed E-state index contributed by atoms with van der Waals surface area (Å²) in [5, 5.41) is 10.6. The monoisotopic (exact) mass is 1370 g/mol. The van der Waals surface area contributed by atoms with Crippen LogP contribution in [-0.2, 0) is 65.4 Å². The molecule has 552 valence electrons. The zero-order chi connectivity index (χ0) is 69.0. The first kappa shape index (κ1) is 91.3. The summed E-state index contributed by atoms with van der Waals surface area (Å²) in [7, 11) is -9.92. The summed E-state index contributed by atoms with van der Waals surface area (Å²) in [5.41, 5.74) is 0. The standard InChI is InChI=1S/C75H140O17P2/c1-5-9-13-17-21-25-29-32-34-37-41-44-48-52-56-60-73(78)86-66-71(92-75(80)62-58-54-50-46-42-38-35-33-30-26-22-18-14-10-6-2)68-90-94(83,84)88-64-69(76)63-87-93(81,82)89-67-70(91-74(79)61-57-53-49-45-39-28-24-20-16-12-8-4)65-85-72(77)59-55-51-47-43-40-36-31-27-23-19-15-11-7-3/h9,13,21,25,32,34,69-71,76H,5-8,10-12,14-20,22-24,26-31,33,35-68H2,1-4H3,(H,81,82)(H,83,84)/b13-9-,25-21-,34-32-. The summed E-state index contributed by atoms with van der Waals surface area (Å²) in [6.45, 7) is 4.81. The Morgan fingerprint density at radius 2 is 0.553 bits per heavy atom. The molecule has 0 saturated heterocycles. The van der Waals surface area contributed by atoms with E-state index in [1.165, 1.54) is 161 Å². The van der Waals surface area contributed by atoms with Gasteiger partial charge in [-0.3, -0.25) is 37.3 Å². The number of carbonyl (C=O) groups is 4. The van der Waals surface area contributed by atoms with E-state index in [9.17, 15) is 43.2 Å². The molecule has 0 bridgehead atoms. The lowest BCUT2D eigenvalue weighted by Crippen LogP contribution is -2.30. The third-order valence-corrected chi connectivity index (χ3v) is 18.6. The van der Waals surface area contributed by atoms with Gasteiger partial charge in [0.25, 0.3) is 0 Å². The number of phosphoric acid groups is 2. The average molecular weight is 1380 g/mol. The number of hydrogen-bond donors (Lipinski definition) is 3. The molecule has 0 aliphatic rings. The van der Waals surface area contributed by atoms with E-state index in [-0.39, 0.29) is 25.7 Å². The highest BCUT2D eigenvalue weighted by atomic mass is 31.2. The summed E-state index contributed by atoms with van der Waals surface area (Å²) in [6, 6.07) is 0. The number of aliphatic hydroxyl groups excluding tert-OH is 1. The van der Waals surface area contributed by atoms with E-state index in [0.717, 1.165) is 122 Å². The molecule has 0 aromatic rings. The van der Waals surface area contributed by atoms with Crippen molar-refractivity contribution < 1.29 is 80.2 Å².